The minimum absolute atomic E-state index is 0.120. The second-order valence-electron chi connectivity index (χ2n) is 8.74. The number of carbonyl (C=O) groups excluding carboxylic acids is 3. The molecule has 1 aliphatic carbocycles. The van der Waals surface area contributed by atoms with E-state index in [0.29, 0.717) is 5.69 Å². The molecule has 0 saturated carbocycles. The van der Waals surface area contributed by atoms with E-state index in [-0.39, 0.29) is 17.0 Å². The number of rotatable bonds is 7. The number of nitrogens with one attached hydrogen (secondary N) is 3. The first-order valence-corrected chi connectivity index (χ1v) is 12.3. The number of urea groups is 1. The van der Waals surface area contributed by atoms with Gasteiger partial charge in [0.25, 0.3) is 5.91 Å². The van der Waals surface area contributed by atoms with E-state index in [1.54, 1.807) is 18.3 Å². The molecule has 1 heterocycles. The number of amides is 3. The molecule has 3 N–H and O–H groups in total. The van der Waals surface area contributed by atoms with Gasteiger partial charge in [0.2, 0.25) is 0 Å². The molecule has 0 aliphatic heterocycles. The fraction of sp³-hybridized carbons (Fsp3) is 0.308. The van der Waals surface area contributed by atoms with Crippen LogP contribution in [0.1, 0.15) is 41.2 Å². The van der Waals surface area contributed by atoms with Gasteiger partial charge in [0.05, 0.1) is 12.0 Å². The van der Waals surface area contributed by atoms with Crippen LogP contribution in [-0.4, -0.2) is 36.0 Å². The summed E-state index contributed by atoms with van der Waals surface area (Å²) in [6.07, 6.45) is 4.94. The van der Waals surface area contributed by atoms with Crippen molar-refractivity contribution in [3.05, 3.63) is 64.8 Å². The number of hydrogen-bond donors (Lipinski definition) is 3. The number of thiazole rings is 1. The zero-order valence-electron chi connectivity index (χ0n) is 19.9. The number of anilines is 2. The quantitative estimate of drug-likeness (QED) is 0.408. The predicted molar refractivity (Wildman–Crippen MR) is 137 cm³/mol. The number of hydrogen-bond acceptors (Lipinski definition) is 6. The number of esters is 1. The average Bonchev–Trinajstić information content (AvgIpc) is 3.52. The summed E-state index contributed by atoms with van der Waals surface area (Å²) in [5, 5.41) is 8.67. The molecule has 0 radical (unpaired) electrons. The molecule has 1 atom stereocenters. The number of benzene rings is 2. The summed E-state index contributed by atoms with van der Waals surface area (Å²) in [5.74, 6) is -1.04. The average molecular weight is 493 g/mol. The van der Waals surface area contributed by atoms with Crippen LogP contribution < -0.4 is 16.0 Å². The largest absolute Gasteiger partial charge is 0.467 e. The van der Waals surface area contributed by atoms with Gasteiger partial charge >= 0.3 is 12.0 Å². The van der Waals surface area contributed by atoms with Crippen LogP contribution in [0.25, 0.3) is 10.4 Å². The minimum Gasteiger partial charge on any atom is -0.467 e. The van der Waals surface area contributed by atoms with Crippen LogP contribution in [-0.2, 0) is 22.4 Å². The van der Waals surface area contributed by atoms with Gasteiger partial charge in [-0.3, -0.25) is 4.79 Å². The monoisotopic (exact) mass is 492 g/mol. The zero-order valence-corrected chi connectivity index (χ0v) is 20.7. The van der Waals surface area contributed by atoms with Gasteiger partial charge in [0, 0.05) is 17.6 Å². The highest BCUT2D eigenvalue weighted by Crippen LogP contribution is 2.28. The maximum absolute atomic E-state index is 12.6. The van der Waals surface area contributed by atoms with Crippen LogP contribution in [0, 0.1) is 5.92 Å². The molecule has 9 heteroatoms. The maximum atomic E-state index is 12.6. The Balaban J connectivity index is 1.36. The number of fused-ring (bicyclic) bond motifs is 1. The SMILES string of the molecule is COC(=O)[C@@H](NC(=O)c1ncc(-c2ccc(NC(=O)Nc3ccc4c(c3)CCC4)cc2)s1)C(C)C. The molecule has 4 rings (SSSR count). The molecule has 0 bridgehead atoms. The molecule has 3 aromatic rings. The van der Waals surface area contributed by atoms with Gasteiger partial charge in [-0.25, -0.2) is 14.6 Å². The second kappa shape index (κ2) is 10.7. The normalized spacial score (nSPS) is 13.1. The first-order chi connectivity index (χ1) is 16.8. The molecule has 1 aromatic heterocycles. The molecule has 0 unspecified atom stereocenters. The van der Waals surface area contributed by atoms with Crippen molar-refractivity contribution in [3.8, 4) is 10.4 Å². The molecule has 3 amide bonds. The lowest BCUT2D eigenvalue weighted by Crippen LogP contribution is -2.44. The van der Waals surface area contributed by atoms with Crippen molar-refractivity contribution in [2.24, 2.45) is 5.92 Å². The van der Waals surface area contributed by atoms with E-state index < -0.39 is 17.9 Å². The zero-order chi connectivity index (χ0) is 24.9. The van der Waals surface area contributed by atoms with Crippen LogP contribution in [0.3, 0.4) is 0 Å². The first-order valence-electron chi connectivity index (χ1n) is 11.5. The van der Waals surface area contributed by atoms with E-state index in [0.717, 1.165) is 35.4 Å². The third-order valence-electron chi connectivity index (χ3n) is 5.89. The van der Waals surface area contributed by atoms with Crippen LogP contribution in [0.2, 0.25) is 0 Å². The Bertz CT molecular complexity index is 1240. The third-order valence-corrected chi connectivity index (χ3v) is 6.94. The fourth-order valence-corrected chi connectivity index (χ4v) is 4.83. The van der Waals surface area contributed by atoms with Crippen LogP contribution in [0.15, 0.2) is 48.7 Å². The van der Waals surface area contributed by atoms with Gasteiger partial charge in [-0.2, -0.15) is 0 Å². The lowest BCUT2D eigenvalue weighted by atomic mass is 10.0. The van der Waals surface area contributed by atoms with Crippen molar-refractivity contribution in [1.82, 2.24) is 10.3 Å². The molecule has 0 spiro atoms. The van der Waals surface area contributed by atoms with Gasteiger partial charge < -0.3 is 20.7 Å². The van der Waals surface area contributed by atoms with Crippen LogP contribution in [0.5, 0.6) is 0 Å². The van der Waals surface area contributed by atoms with Gasteiger partial charge in [-0.15, -0.1) is 11.3 Å². The highest BCUT2D eigenvalue weighted by Gasteiger charge is 2.26. The number of nitrogens with zero attached hydrogens (tertiary/aromatic N) is 1. The smallest absolute Gasteiger partial charge is 0.328 e. The lowest BCUT2D eigenvalue weighted by Gasteiger charge is -2.18. The van der Waals surface area contributed by atoms with Crippen LogP contribution >= 0.6 is 11.3 Å². The summed E-state index contributed by atoms with van der Waals surface area (Å²) < 4.78 is 4.77. The Morgan fingerprint density at radius 2 is 1.66 bits per heavy atom. The molecule has 0 saturated heterocycles. The summed E-state index contributed by atoms with van der Waals surface area (Å²) >= 11 is 1.22. The Morgan fingerprint density at radius 3 is 2.37 bits per heavy atom. The van der Waals surface area contributed by atoms with Crippen LogP contribution in [0.4, 0.5) is 16.2 Å². The summed E-state index contributed by atoms with van der Waals surface area (Å²) in [6.45, 7) is 3.66. The summed E-state index contributed by atoms with van der Waals surface area (Å²) in [6, 6.07) is 12.3. The Hall–Kier alpha value is -3.72. The van der Waals surface area contributed by atoms with Gasteiger partial charge in [-0.05, 0) is 66.1 Å². The molecule has 0 fully saturated rings. The summed E-state index contributed by atoms with van der Waals surface area (Å²) in [7, 11) is 1.29. The van der Waals surface area contributed by atoms with Gasteiger partial charge in [0.1, 0.15) is 6.04 Å². The number of aromatic nitrogens is 1. The molecule has 1 aliphatic rings. The van der Waals surface area contributed by atoms with Crippen molar-refractivity contribution in [1.29, 1.82) is 0 Å². The van der Waals surface area contributed by atoms with Crippen molar-refractivity contribution in [2.45, 2.75) is 39.2 Å². The number of aryl methyl sites for hydroxylation is 2. The summed E-state index contributed by atoms with van der Waals surface area (Å²) in [5.41, 5.74) is 4.95. The highest BCUT2D eigenvalue weighted by molar-refractivity contribution is 7.17. The summed E-state index contributed by atoms with van der Waals surface area (Å²) in [4.78, 5) is 41.9. The van der Waals surface area contributed by atoms with E-state index in [2.05, 4.69) is 27.0 Å². The van der Waals surface area contributed by atoms with Crippen molar-refractivity contribution >= 4 is 40.6 Å². The maximum Gasteiger partial charge on any atom is 0.328 e. The molecular weight excluding hydrogens is 464 g/mol. The van der Waals surface area contributed by atoms with E-state index in [4.69, 9.17) is 4.74 Å². The third kappa shape index (κ3) is 5.86. The number of carbonyl (C=O) groups is 3. The van der Waals surface area contributed by atoms with E-state index in [1.807, 2.05) is 38.1 Å². The second-order valence-corrected chi connectivity index (χ2v) is 9.77. The highest BCUT2D eigenvalue weighted by atomic mass is 32.1. The molecule has 8 nitrogen and oxygen atoms in total. The van der Waals surface area contributed by atoms with Crippen molar-refractivity contribution in [3.63, 3.8) is 0 Å². The first kappa shape index (κ1) is 24.4. The predicted octanol–water partition coefficient (Wildman–Crippen LogP) is 4.87. The Labute approximate surface area is 208 Å². The van der Waals surface area contributed by atoms with E-state index in [9.17, 15) is 14.4 Å². The standard InChI is InChI=1S/C26H28N4O4S/c1-15(2)22(25(32)34-3)30-23(31)24-27-14-21(35-24)17-8-10-19(11-9-17)28-26(33)29-20-12-7-16-5-4-6-18(16)13-20/h7-15,22H,4-6H2,1-3H3,(H,30,31)(H2,28,29,33)/t22-/m0/s1. The lowest BCUT2D eigenvalue weighted by molar-refractivity contribution is -0.144. The Kier molecular flexibility index (Phi) is 7.45. The van der Waals surface area contributed by atoms with E-state index in [1.165, 1.54) is 29.6 Å². The van der Waals surface area contributed by atoms with Crippen molar-refractivity contribution in [2.75, 3.05) is 17.7 Å². The Morgan fingerprint density at radius 1 is 0.971 bits per heavy atom. The fourth-order valence-electron chi connectivity index (χ4n) is 4.00. The van der Waals surface area contributed by atoms with E-state index >= 15 is 0 Å². The number of methoxy groups -OCH3 is 1. The van der Waals surface area contributed by atoms with Gasteiger partial charge in [0.15, 0.2) is 5.01 Å². The van der Waals surface area contributed by atoms with Crippen molar-refractivity contribution < 1.29 is 19.1 Å². The molecule has 182 valence electrons. The number of ether oxygens (including phenoxy) is 1. The molecular formula is C26H28N4O4S. The molecule has 35 heavy (non-hydrogen) atoms. The molecule has 2 aromatic carbocycles. The topological polar surface area (TPSA) is 109 Å². The van der Waals surface area contributed by atoms with Gasteiger partial charge in [-0.1, -0.05) is 32.0 Å². The minimum atomic E-state index is -0.742.